The maximum atomic E-state index is 13.5. The number of carbonyl (C=O) groups excluding carboxylic acids is 1. The van der Waals surface area contributed by atoms with Gasteiger partial charge in [0.2, 0.25) is 15.9 Å². The van der Waals surface area contributed by atoms with Crippen LogP contribution in [0.15, 0.2) is 18.2 Å². The number of halogens is 2. The van der Waals surface area contributed by atoms with Crippen molar-refractivity contribution in [2.45, 2.75) is 13.8 Å². The molecule has 0 saturated carbocycles. The zero-order chi connectivity index (χ0) is 15.6. The molecule has 0 radical (unpaired) electrons. The zero-order valence-electron chi connectivity index (χ0n) is 11.3. The van der Waals surface area contributed by atoms with Gasteiger partial charge in [-0.1, -0.05) is 0 Å². The molecule has 1 aromatic carbocycles. The first kappa shape index (κ1) is 16.7. The van der Waals surface area contributed by atoms with Gasteiger partial charge in [0.15, 0.2) is 0 Å². The van der Waals surface area contributed by atoms with E-state index in [1.54, 1.807) is 13.8 Å². The van der Waals surface area contributed by atoms with Gasteiger partial charge in [-0.3, -0.25) is 9.52 Å². The van der Waals surface area contributed by atoms with Gasteiger partial charge < -0.3 is 5.32 Å². The summed E-state index contributed by atoms with van der Waals surface area (Å²) in [5.41, 5.74) is -0.741. The molecule has 2 N–H and O–H groups in total. The van der Waals surface area contributed by atoms with Crippen LogP contribution in [-0.4, -0.2) is 26.5 Å². The molecular weight excluding hydrogens is 307 g/mol. The Morgan fingerprint density at radius 2 is 2.00 bits per heavy atom. The Morgan fingerprint density at radius 3 is 2.50 bits per heavy atom. The van der Waals surface area contributed by atoms with E-state index in [0.29, 0.717) is 0 Å². The van der Waals surface area contributed by atoms with Crippen molar-refractivity contribution < 1.29 is 17.6 Å². The third-order valence-electron chi connectivity index (χ3n) is 2.47. The monoisotopic (exact) mass is 322 g/mol. The number of amides is 1. The highest BCUT2D eigenvalue weighted by Gasteiger charge is 2.26. The number of anilines is 2. The smallest absolute Gasteiger partial charge is 0.231 e. The highest BCUT2D eigenvalue weighted by atomic mass is 35.5. The van der Waals surface area contributed by atoms with Crippen LogP contribution in [0.25, 0.3) is 0 Å². The molecule has 1 rings (SSSR count). The number of hydrogen-bond acceptors (Lipinski definition) is 3. The number of benzene rings is 1. The molecule has 0 aliphatic heterocycles. The van der Waals surface area contributed by atoms with Gasteiger partial charge in [-0.05, 0) is 32.0 Å². The minimum atomic E-state index is -3.60. The summed E-state index contributed by atoms with van der Waals surface area (Å²) in [5, 5.41) is 2.56. The second kappa shape index (κ2) is 5.97. The van der Waals surface area contributed by atoms with E-state index < -0.39 is 21.3 Å². The van der Waals surface area contributed by atoms with Gasteiger partial charge in [-0.25, -0.2) is 12.8 Å². The Hall–Kier alpha value is -1.34. The average molecular weight is 323 g/mol. The Bertz CT molecular complexity index is 617. The van der Waals surface area contributed by atoms with E-state index in [4.69, 9.17) is 11.6 Å². The van der Waals surface area contributed by atoms with Crippen molar-refractivity contribution in [1.82, 2.24) is 0 Å². The van der Waals surface area contributed by atoms with Crippen molar-refractivity contribution in [3.8, 4) is 0 Å². The van der Waals surface area contributed by atoms with Crippen LogP contribution in [0.1, 0.15) is 13.8 Å². The first-order chi connectivity index (χ1) is 9.05. The number of carbonyl (C=O) groups is 1. The highest BCUT2D eigenvalue weighted by molar-refractivity contribution is 7.92. The fourth-order valence-corrected chi connectivity index (χ4v) is 1.92. The molecule has 0 saturated heterocycles. The fourth-order valence-electron chi connectivity index (χ4n) is 1.24. The molecule has 112 valence electrons. The van der Waals surface area contributed by atoms with Gasteiger partial charge in [0, 0.05) is 11.6 Å². The molecule has 0 aromatic heterocycles. The maximum Gasteiger partial charge on any atom is 0.231 e. The quantitative estimate of drug-likeness (QED) is 0.817. The van der Waals surface area contributed by atoms with Crippen LogP contribution in [0.3, 0.4) is 0 Å². The molecule has 0 heterocycles. The zero-order valence-corrected chi connectivity index (χ0v) is 12.9. The summed E-state index contributed by atoms with van der Waals surface area (Å²) >= 11 is 5.69. The fraction of sp³-hybridized carbons (Fsp3) is 0.417. The molecule has 0 spiro atoms. The molecule has 1 amide bonds. The lowest BCUT2D eigenvalue weighted by molar-refractivity contribution is -0.122. The van der Waals surface area contributed by atoms with Crippen LogP contribution >= 0.6 is 11.6 Å². The second-order valence-corrected chi connectivity index (χ2v) is 7.06. The van der Waals surface area contributed by atoms with Gasteiger partial charge in [0.25, 0.3) is 0 Å². The molecule has 8 heteroatoms. The van der Waals surface area contributed by atoms with Crippen molar-refractivity contribution in [1.29, 1.82) is 0 Å². The van der Waals surface area contributed by atoms with E-state index in [-0.39, 0.29) is 23.2 Å². The molecule has 20 heavy (non-hydrogen) atoms. The Balaban J connectivity index is 2.99. The Labute approximate surface area is 122 Å². The number of hydrogen-bond donors (Lipinski definition) is 2. The van der Waals surface area contributed by atoms with Gasteiger partial charge in [0.05, 0.1) is 17.4 Å². The standard InChI is InChI=1S/C12H16ClFN2O3S/c1-12(2,7-13)11(17)15-8-4-5-9(14)10(6-8)16-20(3,18)19/h4-6,16H,7H2,1-3H3,(H,15,17). The summed E-state index contributed by atoms with van der Waals surface area (Å²) in [6.07, 6.45) is 0.911. The molecule has 0 unspecified atom stereocenters. The van der Waals surface area contributed by atoms with Gasteiger partial charge in [-0.15, -0.1) is 11.6 Å². The van der Waals surface area contributed by atoms with Crippen molar-refractivity contribution in [2.24, 2.45) is 5.41 Å². The van der Waals surface area contributed by atoms with E-state index in [1.165, 1.54) is 12.1 Å². The van der Waals surface area contributed by atoms with E-state index in [0.717, 1.165) is 12.3 Å². The molecule has 1 aromatic rings. The Morgan fingerprint density at radius 1 is 1.40 bits per heavy atom. The molecule has 0 bridgehead atoms. The average Bonchev–Trinajstić information content (AvgIpc) is 2.31. The van der Waals surface area contributed by atoms with E-state index in [2.05, 4.69) is 5.32 Å². The topological polar surface area (TPSA) is 75.3 Å². The molecular formula is C12H16ClFN2O3S. The predicted octanol–water partition coefficient (Wildman–Crippen LogP) is 2.40. The SMILES string of the molecule is CC(C)(CCl)C(=O)Nc1ccc(F)c(NS(C)(=O)=O)c1. The first-order valence-corrected chi connectivity index (χ1v) is 8.12. The van der Waals surface area contributed by atoms with Crippen molar-refractivity contribution in [2.75, 3.05) is 22.2 Å². The van der Waals surface area contributed by atoms with E-state index in [9.17, 15) is 17.6 Å². The Kier molecular flexibility index (Phi) is 4.99. The molecule has 0 aliphatic rings. The van der Waals surface area contributed by atoms with E-state index in [1.807, 2.05) is 4.72 Å². The minimum absolute atomic E-state index is 0.120. The molecule has 0 fully saturated rings. The lowest BCUT2D eigenvalue weighted by Crippen LogP contribution is -2.32. The highest BCUT2D eigenvalue weighted by Crippen LogP contribution is 2.24. The van der Waals surface area contributed by atoms with Crippen LogP contribution in [0.2, 0.25) is 0 Å². The summed E-state index contributed by atoms with van der Waals surface area (Å²) in [6.45, 7) is 3.32. The van der Waals surface area contributed by atoms with Crippen LogP contribution in [0.4, 0.5) is 15.8 Å². The third-order valence-corrected chi connectivity index (χ3v) is 3.73. The summed E-state index contributed by atoms with van der Waals surface area (Å²) in [7, 11) is -3.60. The van der Waals surface area contributed by atoms with Crippen molar-refractivity contribution >= 4 is 38.9 Å². The second-order valence-electron chi connectivity index (χ2n) is 5.04. The largest absolute Gasteiger partial charge is 0.326 e. The van der Waals surface area contributed by atoms with Gasteiger partial charge >= 0.3 is 0 Å². The number of rotatable bonds is 5. The van der Waals surface area contributed by atoms with Gasteiger partial charge in [-0.2, -0.15) is 0 Å². The number of alkyl halides is 1. The number of sulfonamides is 1. The predicted molar refractivity (Wildman–Crippen MR) is 78.0 cm³/mol. The van der Waals surface area contributed by atoms with E-state index >= 15 is 0 Å². The summed E-state index contributed by atoms with van der Waals surface area (Å²) in [6, 6.07) is 3.61. The van der Waals surface area contributed by atoms with Crippen molar-refractivity contribution in [3.05, 3.63) is 24.0 Å². The van der Waals surface area contributed by atoms with Crippen LogP contribution in [-0.2, 0) is 14.8 Å². The molecule has 5 nitrogen and oxygen atoms in total. The van der Waals surface area contributed by atoms with Crippen LogP contribution < -0.4 is 10.0 Å². The maximum absolute atomic E-state index is 13.5. The van der Waals surface area contributed by atoms with Crippen molar-refractivity contribution in [3.63, 3.8) is 0 Å². The lowest BCUT2D eigenvalue weighted by atomic mass is 9.95. The van der Waals surface area contributed by atoms with Crippen LogP contribution in [0, 0.1) is 11.2 Å². The van der Waals surface area contributed by atoms with Gasteiger partial charge in [0.1, 0.15) is 5.82 Å². The molecule has 0 aliphatic carbocycles. The summed E-state index contributed by atoms with van der Waals surface area (Å²) in [5.74, 6) is -0.955. The molecule has 0 atom stereocenters. The number of nitrogens with one attached hydrogen (secondary N) is 2. The third kappa shape index (κ3) is 4.64. The minimum Gasteiger partial charge on any atom is -0.326 e. The first-order valence-electron chi connectivity index (χ1n) is 5.70. The summed E-state index contributed by atoms with van der Waals surface area (Å²) < 4.78 is 37.7. The lowest BCUT2D eigenvalue weighted by Gasteiger charge is -2.20. The van der Waals surface area contributed by atoms with Crippen LogP contribution in [0.5, 0.6) is 0 Å². The normalized spacial score (nSPS) is 12.1. The summed E-state index contributed by atoms with van der Waals surface area (Å²) in [4.78, 5) is 11.9.